The van der Waals surface area contributed by atoms with E-state index in [2.05, 4.69) is 0 Å². The first-order chi connectivity index (χ1) is 14.9. The molecule has 7 heteroatoms. The van der Waals surface area contributed by atoms with E-state index in [0.29, 0.717) is 39.3 Å². The van der Waals surface area contributed by atoms with Gasteiger partial charge in [0.05, 0.1) is 24.1 Å². The summed E-state index contributed by atoms with van der Waals surface area (Å²) in [6.07, 6.45) is 1.82. The number of amides is 3. The van der Waals surface area contributed by atoms with Crippen LogP contribution in [0.4, 0.5) is 0 Å². The molecule has 0 spiro atoms. The number of carbonyl (C=O) groups excluding carboxylic acids is 3. The molecule has 1 aromatic carbocycles. The van der Waals surface area contributed by atoms with E-state index >= 15 is 0 Å². The van der Waals surface area contributed by atoms with Gasteiger partial charge in [-0.2, -0.15) is 0 Å². The first-order valence-electron chi connectivity index (χ1n) is 10.8. The number of rotatable bonds is 5. The molecule has 3 heterocycles. The highest BCUT2D eigenvalue weighted by atomic mass is 16.3. The van der Waals surface area contributed by atoms with Gasteiger partial charge in [0.1, 0.15) is 5.76 Å². The summed E-state index contributed by atoms with van der Waals surface area (Å²) < 4.78 is 5.32. The zero-order valence-electron chi connectivity index (χ0n) is 18.1. The maximum Gasteiger partial charge on any atom is 0.232 e. The van der Waals surface area contributed by atoms with Crippen LogP contribution in [-0.2, 0) is 26.3 Å². The third-order valence-corrected chi connectivity index (χ3v) is 6.40. The second kappa shape index (κ2) is 8.57. The third kappa shape index (κ3) is 4.36. The van der Waals surface area contributed by atoms with Gasteiger partial charge in [-0.1, -0.05) is 30.3 Å². The normalized spacial score (nSPS) is 19.7. The van der Waals surface area contributed by atoms with E-state index in [1.54, 1.807) is 22.1 Å². The minimum atomic E-state index is -0.613. The van der Waals surface area contributed by atoms with Crippen molar-refractivity contribution in [2.45, 2.75) is 32.2 Å². The van der Waals surface area contributed by atoms with E-state index in [9.17, 15) is 14.4 Å². The lowest BCUT2D eigenvalue weighted by molar-refractivity contribution is -0.144. The van der Waals surface area contributed by atoms with Crippen molar-refractivity contribution in [2.24, 2.45) is 5.92 Å². The molecule has 0 N–H and O–H groups in total. The number of hydrogen-bond acceptors (Lipinski definition) is 4. The lowest BCUT2D eigenvalue weighted by Gasteiger charge is -2.39. The average molecular weight is 424 g/mol. The average Bonchev–Trinajstić information content (AvgIpc) is 3.43. The molecule has 1 atom stereocenters. The lowest BCUT2D eigenvalue weighted by Crippen LogP contribution is -2.55. The molecular formula is C24H29N3O4. The van der Waals surface area contributed by atoms with Crippen molar-refractivity contribution in [1.29, 1.82) is 0 Å². The highest BCUT2D eigenvalue weighted by Crippen LogP contribution is 2.27. The summed E-state index contributed by atoms with van der Waals surface area (Å²) in [7, 11) is 0. The second-order valence-corrected chi connectivity index (χ2v) is 8.86. The lowest BCUT2D eigenvalue weighted by atomic mass is 9.83. The van der Waals surface area contributed by atoms with Crippen molar-refractivity contribution < 1.29 is 18.8 Å². The van der Waals surface area contributed by atoms with Gasteiger partial charge in [0, 0.05) is 39.1 Å². The zero-order valence-corrected chi connectivity index (χ0v) is 18.1. The Morgan fingerprint density at radius 3 is 2.32 bits per heavy atom. The van der Waals surface area contributed by atoms with Gasteiger partial charge in [0.15, 0.2) is 0 Å². The molecule has 2 saturated heterocycles. The van der Waals surface area contributed by atoms with Gasteiger partial charge in [0.25, 0.3) is 0 Å². The van der Waals surface area contributed by atoms with Gasteiger partial charge in [-0.25, -0.2) is 0 Å². The van der Waals surface area contributed by atoms with E-state index in [1.165, 1.54) is 0 Å². The molecule has 0 saturated carbocycles. The van der Waals surface area contributed by atoms with Crippen LogP contribution in [0, 0.1) is 5.92 Å². The smallest absolute Gasteiger partial charge is 0.232 e. The number of benzene rings is 1. The van der Waals surface area contributed by atoms with Gasteiger partial charge in [-0.05, 0) is 31.5 Å². The van der Waals surface area contributed by atoms with Crippen LogP contribution in [0.2, 0.25) is 0 Å². The van der Waals surface area contributed by atoms with Crippen molar-refractivity contribution >= 4 is 17.7 Å². The zero-order chi connectivity index (χ0) is 22.0. The highest BCUT2D eigenvalue weighted by Gasteiger charge is 2.39. The minimum absolute atomic E-state index is 0.00436. The molecule has 7 nitrogen and oxygen atoms in total. The van der Waals surface area contributed by atoms with E-state index in [4.69, 9.17) is 4.42 Å². The number of piperazine rings is 1. The molecule has 1 aromatic heterocycles. The van der Waals surface area contributed by atoms with Crippen LogP contribution in [0.3, 0.4) is 0 Å². The van der Waals surface area contributed by atoms with Crippen LogP contribution in [0.1, 0.15) is 31.6 Å². The summed E-state index contributed by atoms with van der Waals surface area (Å²) in [5.74, 6) is 0.449. The van der Waals surface area contributed by atoms with Crippen LogP contribution in [0.25, 0.3) is 0 Å². The summed E-state index contributed by atoms with van der Waals surface area (Å²) in [4.78, 5) is 43.8. The van der Waals surface area contributed by atoms with E-state index in [0.717, 1.165) is 11.3 Å². The summed E-state index contributed by atoms with van der Waals surface area (Å²) in [5, 5.41) is 0. The first-order valence-corrected chi connectivity index (χ1v) is 10.8. The molecule has 31 heavy (non-hydrogen) atoms. The molecule has 0 radical (unpaired) electrons. The van der Waals surface area contributed by atoms with Crippen LogP contribution >= 0.6 is 0 Å². The van der Waals surface area contributed by atoms with Gasteiger partial charge < -0.3 is 19.1 Å². The molecular weight excluding hydrogens is 394 g/mol. The molecule has 164 valence electrons. The fraction of sp³-hybridized carbons (Fsp3) is 0.458. The Hall–Kier alpha value is -3.09. The molecule has 2 aliphatic heterocycles. The van der Waals surface area contributed by atoms with E-state index in [1.807, 2.05) is 55.1 Å². The van der Waals surface area contributed by atoms with Crippen molar-refractivity contribution in [3.8, 4) is 0 Å². The van der Waals surface area contributed by atoms with Crippen LogP contribution in [0.15, 0.2) is 53.1 Å². The molecule has 0 unspecified atom stereocenters. The largest absolute Gasteiger partial charge is 0.467 e. The summed E-state index contributed by atoms with van der Waals surface area (Å²) in [5.41, 5.74) is 0.372. The SMILES string of the molecule is CC(C)(C(=O)N1CCN(C(=O)[C@@H]2CC(=O)N(Cc3ccco3)C2)CC1)c1ccccc1. The molecule has 0 bridgehead atoms. The van der Waals surface area contributed by atoms with Crippen LogP contribution in [0.5, 0.6) is 0 Å². The fourth-order valence-electron chi connectivity index (χ4n) is 4.44. The summed E-state index contributed by atoms with van der Waals surface area (Å²) in [6, 6.07) is 13.4. The monoisotopic (exact) mass is 423 g/mol. The Balaban J connectivity index is 1.32. The Labute approximate surface area is 182 Å². The predicted octanol–water partition coefficient (Wildman–Crippen LogP) is 2.28. The molecule has 0 aliphatic carbocycles. The second-order valence-electron chi connectivity index (χ2n) is 8.86. The van der Waals surface area contributed by atoms with Crippen LogP contribution < -0.4 is 0 Å². The number of carbonyl (C=O) groups is 3. The number of furan rings is 1. The molecule has 4 rings (SSSR count). The van der Waals surface area contributed by atoms with Crippen molar-refractivity contribution in [3.05, 3.63) is 60.1 Å². The first kappa shape index (κ1) is 21.2. The molecule has 2 aromatic rings. The Morgan fingerprint density at radius 1 is 1.00 bits per heavy atom. The van der Waals surface area contributed by atoms with E-state index in [-0.39, 0.29) is 30.1 Å². The molecule has 2 fully saturated rings. The quantitative estimate of drug-likeness (QED) is 0.740. The predicted molar refractivity (Wildman–Crippen MR) is 115 cm³/mol. The maximum atomic E-state index is 13.2. The summed E-state index contributed by atoms with van der Waals surface area (Å²) in [6.45, 7) is 6.72. The Kier molecular flexibility index (Phi) is 5.85. The summed E-state index contributed by atoms with van der Waals surface area (Å²) >= 11 is 0. The fourth-order valence-corrected chi connectivity index (χ4v) is 4.44. The maximum absolute atomic E-state index is 13.2. The number of likely N-dealkylation sites (tertiary alicyclic amines) is 1. The third-order valence-electron chi connectivity index (χ3n) is 6.40. The number of nitrogens with zero attached hydrogens (tertiary/aromatic N) is 3. The topological polar surface area (TPSA) is 74.1 Å². The van der Waals surface area contributed by atoms with Gasteiger partial charge in [0.2, 0.25) is 17.7 Å². The van der Waals surface area contributed by atoms with E-state index < -0.39 is 5.41 Å². The standard InChI is InChI=1S/C24H29N3O4/c1-24(2,19-7-4-3-5-8-19)23(30)26-12-10-25(11-13-26)22(29)18-15-21(28)27(16-18)17-20-9-6-14-31-20/h3-9,14,18H,10-13,15-17H2,1-2H3/t18-/m1/s1. The van der Waals surface area contributed by atoms with Crippen molar-refractivity contribution in [3.63, 3.8) is 0 Å². The van der Waals surface area contributed by atoms with Gasteiger partial charge in [-0.15, -0.1) is 0 Å². The Bertz CT molecular complexity index is 931. The van der Waals surface area contributed by atoms with Crippen molar-refractivity contribution in [2.75, 3.05) is 32.7 Å². The van der Waals surface area contributed by atoms with Gasteiger partial charge >= 0.3 is 0 Å². The Morgan fingerprint density at radius 2 is 1.68 bits per heavy atom. The highest BCUT2D eigenvalue weighted by molar-refractivity contribution is 5.90. The number of hydrogen-bond donors (Lipinski definition) is 0. The van der Waals surface area contributed by atoms with Crippen molar-refractivity contribution in [1.82, 2.24) is 14.7 Å². The molecule has 3 amide bonds. The van der Waals surface area contributed by atoms with Crippen LogP contribution in [-0.4, -0.2) is 65.1 Å². The minimum Gasteiger partial charge on any atom is -0.467 e. The molecule has 2 aliphatic rings. The van der Waals surface area contributed by atoms with Gasteiger partial charge in [-0.3, -0.25) is 14.4 Å².